The van der Waals surface area contributed by atoms with Gasteiger partial charge in [-0.25, -0.2) is 9.37 Å². The first kappa shape index (κ1) is 14.3. The number of nitrogens with zero attached hydrogens (tertiary/aromatic N) is 2. The first-order valence-corrected chi connectivity index (χ1v) is 7.39. The molecule has 0 bridgehead atoms. The molecule has 24 heavy (non-hydrogen) atoms. The molecule has 0 aliphatic carbocycles. The van der Waals surface area contributed by atoms with Crippen LogP contribution in [0, 0.1) is 5.82 Å². The van der Waals surface area contributed by atoms with Crippen molar-refractivity contribution in [1.29, 1.82) is 0 Å². The van der Waals surface area contributed by atoms with Gasteiger partial charge in [-0.2, -0.15) is 0 Å². The van der Waals surface area contributed by atoms with Crippen LogP contribution in [0.4, 0.5) is 4.39 Å². The first-order chi connectivity index (χ1) is 11.6. The summed E-state index contributed by atoms with van der Waals surface area (Å²) >= 11 is 0. The Morgan fingerprint density at radius 1 is 0.833 bits per heavy atom. The van der Waals surface area contributed by atoms with Gasteiger partial charge in [-0.1, -0.05) is 18.2 Å². The predicted molar refractivity (Wildman–Crippen MR) is 89.4 cm³/mol. The number of aromatic nitrogens is 2. The number of rotatable bonds is 2. The maximum atomic E-state index is 13.6. The monoisotopic (exact) mass is 320 g/mol. The number of aromatic hydroxyl groups is 2. The number of fused-ring (bicyclic) bond motifs is 1. The highest BCUT2D eigenvalue weighted by Crippen LogP contribution is 2.36. The molecule has 0 amide bonds. The number of benzene rings is 2. The fourth-order valence-electron chi connectivity index (χ4n) is 2.79. The van der Waals surface area contributed by atoms with Gasteiger partial charge in [0.2, 0.25) is 0 Å². The van der Waals surface area contributed by atoms with E-state index in [1.807, 2.05) is 24.3 Å². The molecular weight excluding hydrogens is 307 g/mol. The van der Waals surface area contributed by atoms with Gasteiger partial charge in [0, 0.05) is 11.8 Å². The number of phenolic OH excluding ortho intramolecular Hbond substituents is 2. The molecule has 118 valence electrons. The average Bonchev–Trinajstić information content (AvgIpc) is 2.97. The Hall–Kier alpha value is -3.34. The fourth-order valence-corrected chi connectivity index (χ4v) is 2.79. The van der Waals surface area contributed by atoms with E-state index in [-0.39, 0.29) is 17.1 Å². The van der Waals surface area contributed by atoms with Gasteiger partial charge in [0.25, 0.3) is 0 Å². The van der Waals surface area contributed by atoms with Crippen LogP contribution in [0.1, 0.15) is 0 Å². The number of hydrogen-bond acceptors (Lipinski definition) is 3. The van der Waals surface area contributed by atoms with Crippen molar-refractivity contribution in [1.82, 2.24) is 9.38 Å². The summed E-state index contributed by atoms with van der Waals surface area (Å²) in [6.07, 6.45) is 1.78. The van der Waals surface area contributed by atoms with E-state index in [4.69, 9.17) is 0 Å². The molecule has 2 aromatic heterocycles. The lowest BCUT2D eigenvalue weighted by atomic mass is 10.1. The molecule has 0 saturated carbocycles. The molecular formula is C19H13FN2O2. The number of para-hydroxylation sites is 1. The number of phenols is 2. The van der Waals surface area contributed by atoms with Gasteiger partial charge in [-0.15, -0.1) is 0 Å². The summed E-state index contributed by atoms with van der Waals surface area (Å²) in [6, 6.07) is 16.2. The molecule has 2 aromatic carbocycles. The van der Waals surface area contributed by atoms with Crippen LogP contribution >= 0.6 is 0 Å². The molecule has 4 aromatic rings. The van der Waals surface area contributed by atoms with Gasteiger partial charge in [-0.3, -0.25) is 4.40 Å². The first-order valence-electron chi connectivity index (χ1n) is 7.39. The molecule has 0 fully saturated rings. The van der Waals surface area contributed by atoms with Crippen molar-refractivity contribution in [3.05, 3.63) is 72.7 Å². The van der Waals surface area contributed by atoms with E-state index in [0.29, 0.717) is 17.1 Å². The molecule has 2 heterocycles. The molecule has 0 saturated heterocycles. The van der Waals surface area contributed by atoms with Gasteiger partial charge < -0.3 is 10.2 Å². The van der Waals surface area contributed by atoms with E-state index < -0.39 is 5.82 Å². The molecule has 4 nitrogen and oxygen atoms in total. The normalized spacial score (nSPS) is 11.0. The second-order valence-electron chi connectivity index (χ2n) is 5.42. The molecule has 0 aliphatic rings. The number of pyridine rings is 1. The number of hydrogen-bond donors (Lipinski definition) is 2. The maximum Gasteiger partial charge on any atom is 0.149 e. The minimum Gasteiger partial charge on any atom is -0.507 e. The van der Waals surface area contributed by atoms with E-state index in [1.54, 1.807) is 28.8 Å². The van der Waals surface area contributed by atoms with Crippen LogP contribution in [-0.2, 0) is 0 Å². The molecule has 0 aliphatic heterocycles. The largest absolute Gasteiger partial charge is 0.507 e. The molecule has 2 N–H and O–H groups in total. The van der Waals surface area contributed by atoms with E-state index in [0.717, 1.165) is 5.52 Å². The Bertz CT molecular complexity index is 1060. The number of halogens is 1. The zero-order valence-electron chi connectivity index (χ0n) is 12.5. The molecule has 0 radical (unpaired) electrons. The van der Waals surface area contributed by atoms with E-state index >= 15 is 0 Å². The zero-order chi connectivity index (χ0) is 16.7. The van der Waals surface area contributed by atoms with E-state index in [2.05, 4.69) is 4.98 Å². The highest BCUT2D eigenvalue weighted by atomic mass is 19.1. The summed E-state index contributed by atoms with van der Waals surface area (Å²) in [4.78, 5) is 4.57. The Balaban J connectivity index is 2.06. The van der Waals surface area contributed by atoms with Crippen molar-refractivity contribution in [3.63, 3.8) is 0 Å². The van der Waals surface area contributed by atoms with Crippen molar-refractivity contribution >= 4 is 5.52 Å². The van der Waals surface area contributed by atoms with Crippen molar-refractivity contribution in [2.45, 2.75) is 0 Å². The molecule has 4 rings (SSSR count). The lowest BCUT2D eigenvalue weighted by Gasteiger charge is -2.03. The topological polar surface area (TPSA) is 57.8 Å². The molecule has 5 heteroatoms. The molecule has 0 unspecified atom stereocenters. The lowest BCUT2D eigenvalue weighted by molar-refractivity contribution is 0.474. The van der Waals surface area contributed by atoms with Crippen LogP contribution < -0.4 is 0 Å². The minimum absolute atomic E-state index is 0.0593. The maximum absolute atomic E-state index is 13.6. The Labute approximate surface area is 137 Å². The van der Waals surface area contributed by atoms with Crippen molar-refractivity contribution in [3.8, 4) is 34.1 Å². The molecule has 0 atom stereocenters. The summed E-state index contributed by atoms with van der Waals surface area (Å²) in [5.41, 5.74) is 2.17. The SMILES string of the molecule is Oc1ccccc1-c1nc(-c2cc(F)ccc2O)n2ccccc12. The second-order valence-corrected chi connectivity index (χ2v) is 5.42. The standard InChI is InChI=1S/C19H13FN2O2/c20-12-8-9-17(24)14(11-12)19-21-18(13-5-1-2-7-16(13)23)15-6-3-4-10-22(15)19/h1-11,23-24H. The Kier molecular flexibility index (Phi) is 3.20. The highest BCUT2D eigenvalue weighted by Gasteiger charge is 2.18. The summed E-state index contributed by atoms with van der Waals surface area (Å²) < 4.78 is 15.4. The van der Waals surface area contributed by atoms with Crippen LogP contribution in [0.25, 0.3) is 28.2 Å². The Morgan fingerprint density at radius 3 is 2.42 bits per heavy atom. The quantitative estimate of drug-likeness (QED) is 0.581. The van der Waals surface area contributed by atoms with Crippen molar-refractivity contribution < 1.29 is 14.6 Å². The minimum atomic E-state index is -0.459. The van der Waals surface area contributed by atoms with Crippen molar-refractivity contribution in [2.75, 3.05) is 0 Å². The van der Waals surface area contributed by atoms with Crippen LogP contribution in [0.15, 0.2) is 66.9 Å². The Morgan fingerprint density at radius 2 is 1.58 bits per heavy atom. The average molecular weight is 320 g/mol. The fraction of sp³-hybridized carbons (Fsp3) is 0. The number of imidazole rings is 1. The van der Waals surface area contributed by atoms with Crippen LogP contribution in [0.2, 0.25) is 0 Å². The molecule has 0 spiro atoms. The zero-order valence-corrected chi connectivity index (χ0v) is 12.5. The van der Waals surface area contributed by atoms with Gasteiger partial charge >= 0.3 is 0 Å². The van der Waals surface area contributed by atoms with Gasteiger partial charge in [0.05, 0.1) is 11.1 Å². The summed E-state index contributed by atoms with van der Waals surface area (Å²) in [5, 5.41) is 20.3. The second kappa shape index (κ2) is 5.38. The van der Waals surface area contributed by atoms with E-state index in [9.17, 15) is 14.6 Å². The summed E-state index contributed by atoms with van der Waals surface area (Å²) in [5.74, 6) is -0.00667. The van der Waals surface area contributed by atoms with Gasteiger partial charge in [-0.05, 0) is 42.5 Å². The highest BCUT2D eigenvalue weighted by molar-refractivity contribution is 5.84. The third-order valence-electron chi connectivity index (χ3n) is 3.91. The lowest BCUT2D eigenvalue weighted by Crippen LogP contribution is -1.90. The van der Waals surface area contributed by atoms with Crippen molar-refractivity contribution in [2.24, 2.45) is 0 Å². The van der Waals surface area contributed by atoms with Crippen LogP contribution in [0.3, 0.4) is 0 Å². The third-order valence-corrected chi connectivity index (χ3v) is 3.91. The van der Waals surface area contributed by atoms with E-state index in [1.165, 1.54) is 18.2 Å². The van der Waals surface area contributed by atoms with Gasteiger partial charge in [0.15, 0.2) is 0 Å². The summed E-state index contributed by atoms with van der Waals surface area (Å²) in [6.45, 7) is 0. The van der Waals surface area contributed by atoms with Crippen LogP contribution in [-0.4, -0.2) is 19.6 Å². The smallest absolute Gasteiger partial charge is 0.149 e. The van der Waals surface area contributed by atoms with Crippen LogP contribution in [0.5, 0.6) is 11.5 Å². The predicted octanol–water partition coefficient (Wildman–Crippen LogP) is 4.22. The van der Waals surface area contributed by atoms with Gasteiger partial charge in [0.1, 0.15) is 28.8 Å². The summed E-state index contributed by atoms with van der Waals surface area (Å²) in [7, 11) is 0. The third kappa shape index (κ3) is 2.18.